The van der Waals surface area contributed by atoms with Crippen molar-refractivity contribution in [1.29, 1.82) is 0 Å². The van der Waals surface area contributed by atoms with Gasteiger partial charge in [-0.15, -0.1) is 0 Å². The molecule has 5 heteroatoms. The average Bonchev–Trinajstić information content (AvgIpc) is 2.92. The highest BCUT2D eigenvalue weighted by molar-refractivity contribution is 14.1. The molecule has 1 heterocycles. The quantitative estimate of drug-likeness (QED) is 0.690. The number of rotatable bonds is 5. The molecule has 106 valence electrons. The lowest BCUT2D eigenvalue weighted by Gasteiger charge is -2.14. The molecule has 0 spiro atoms. The summed E-state index contributed by atoms with van der Waals surface area (Å²) >= 11 is 5.61. The third kappa shape index (κ3) is 4.34. The molecule has 0 saturated carbocycles. The molecule has 3 nitrogen and oxygen atoms in total. The van der Waals surface area contributed by atoms with E-state index in [4.69, 9.17) is 4.42 Å². The summed E-state index contributed by atoms with van der Waals surface area (Å²) in [6.07, 6.45) is 3.34. The lowest BCUT2D eigenvalue weighted by molar-refractivity contribution is 0.0937. The largest absolute Gasteiger partial charge is 0.469 e. The minimum Gasteiger partial charge on any atom is -0.469 e. The summed E-state index contributed by atoms with van der Waals surface area (Å²) in [4.78, 5) is 12.2. The van der Waals surface area contributed by atoms with Crippen LogP contribution in [-0.4, -0.2) is 11.9 Å². The molecule has 1 amide bonds. The first-order valence-corrected chi connectivity index (χ1v) is 8.21. The van der Waals surface area contributed by atoms with E-state index in [9.17, 15) is 4.79 Å². The van der Waals surface area contributed by atoms with Crippen molar-refractivity contribution < 1.29 is 9.21 Å². The van der Waals surface area contributed by atoms with E-state index in [1.807, 2.05) is 37.3 Å². The van der Waals surface area contributed by atoms with Gasteiger partial charge in [-0.1, -0.05) is 0 Å². The van der Waals surface area contributed by atoms with Crippen LogP contribution in [0.2, 0.25) is 0 Å². The van der Waals surface area contributed by atoms with Crippen molar-refractivity contribution in [2.24, 2.45) is 0 Å². The molecule has 0 aliphatic heterocycles. The molecule has 2 aromatic rings. The topological polar surface area (TPSA) is 42.2 Å². The Labute approximate surface area is 140 Å². The summed E-state index contributed by atoms with van der Waals surface area (Å²) in [7, 11) is 0. The number of aryl methyl sites for hydroxylation is 1. The molecule has 0 radical (unpaired) electrons. The second-order valence-corrected chi connectivity index (χ2v) is 6.72. The van der Waals surface area contributed by atoms with Crippen LogP contribution in [0.3, 0.4) is 0 Å². The van der Waals surface area contributed by atoms with E-state index in [0.29, 0.717) is 5.56 Å². The molecular formula is C15H15BrINO2. The Morgan fingerprint density at radius 2 is 2.25 bits per heavy atom. The van der Waals surface area contributed by atoms with Crippen LogP contribution >= 0.6 is 38.5 Å². The zero-order valence-electron chi connectivity index (χ0n) is 11.0. The molecule has 1 aromatic heterocycles. The molecule has 0 bridgehead atoms. The molecule has 1 unspecified atom stereocenters. The Hall–Kier alpha value is -0.820. The van der Waals surface area contributed by atoms with Gasteiger partial charge in [-0.2, -0.15) is 0 Å². The van der Waals surface area contributed by atoms with Crippen LogP contribution in [0.1, 0.15) is 29.5 Å². The Morgan fingerprint density at radius 3 is 2.95 bits per heavy atom. The van der Waals surface area contributed by atoms with Crippen LogP contribution in [0.4, 0.5) is 0 Å². The number of amides is 1. The Morgan fingerprint density at radius 1 is 1.45 bits per heavy atom. The van der Waals surface area contributed by atoms with E-state index in [1.165, 1.54) is 0 Å². The molecule has 0 aliphatic rings. The first-order chi connectivity index (χ1) is 9.56. The van der Waals surface area contributed by atoms with Crippen molar-refractivity contribution in [3.05, 3.63) is 56.0 Å². The predicted octanol–water partition coefficient (Wildman–Crippen LogP) is 4.40. The third-order valence-electron chi connectivity index (χ3n) is 2.95. The van der Waals surface area contributed by atoms with Crippen LogP contribution in [0.5, 0.6) is 0 Å². The Balaban J connectivity index is 1.91. The summed E-state index contributed by atoms with van der Waals surface area (Å²) in [5, 5.41) is 3.01. The fourth-order valence-corrected chi connectivity index (χ4v) is 2.78. The van der Waals surface area contributed by atoms with Gasteiger partial charge in [0.15, 0.2) is 0 Å². The Bertz CT molecular complexity index is 584. The highest BCUT2D eigenvalue weighted by Crippen LogP contribution is 2.19. The predicted molar refractivity (Wildman–Crippen MR) is 90.8 cm³/mol. The fraction of sp³-hybridized carbons (Fsp3) is 0.267. The second kappa shape index (κ2) is 7.26. The number of furan rings is 1. The van der Waals surface area contributed by atoms with E-state index < -0.39 is 0 Å². The van der Waals surface area contributed by atoms with Gasteiger partial charge < -0.3 is 9.73 Å². The lowest BCUT2D eigenvalue weighted by atomic mass is 10.1. The van der Waals surface area contributed by atoms with Crippen molar-refractivity contribution in [1.82, 2.24) is 5.32 Å². The normalized spacial score (nSPS) is 12.2. The highest BCUT2D eigenvalue weighted by atomic mass is 127. The van der Waals surface area contributed by atoms with E-state index in [2.05, 4.69) is 43.8 Å². The van der Waals surface area contributed by atoms with Crippen LogP contribution < -0.4 is 5.32 Å². The van der Waals surface area contributed by atoms with E-state index in [0.717, 1.165) is 26.6 Å². The highest BCUT2D eigenvalue weighted by Gasteiger charge is 2.13. The molecule has 0 aliphatic carbocycles. The fourth-order valence-electron chi connectivity index (χ4n) is 1.86. The van der Waals surface area contributed by atoms with Crippen molar-refractivity contribution >= 4 is 44.4 Å². The monoisotopic (exact) mass is 447 g/mol. The number of benzene rings is 1. The Kier molecular flexibility index (Phi) is 5.65. The second-order valence-electron chi connectivity index (χ2n) is 4.62. The van der Waals surface area contributed by atoms with Gasteiger partial charge in [-0.25, -0.2) is 0 Å². The van der Waals surface area contributed by atoms with Gasteiger partial charge in [-0.3, -0.25) is 4.79 Å². The number of hydrogen-bond acceptors (Lipinski definition) is 2. The maximum absolute atomic E-state index is 12.2. The van der Waals surface area contributed by atoms with E-state index >= 15 is 0 Å². The maximum atomic E-state index is 12.2. The molecule has 20 heavy (non-hydrogen) atoms. The van der Waals surface area contributed by atoms with Gasteiger partial charge in [0.2, 0.25) is 0 Å². The van der Waals surface area contributed by atoms with Crippen molar-refractivity contribution in [2.45, 2.75) is 25.8 Å². The first-order valence-electron chi connectivity index (χ1n) is 6.34. The van der Waals surface area contributed by atoms with Gasteiger partial charge in [0, 0.05) is 20.5 Å². The number of nitrogens with one attached hydrogen (secondary N) is 1. The van der Waals surface area contributed by atoms with Crippen LogP contribution in [-0.2, 0) is 6.42 Å². The van der Waals surface area contributed by atoms with Gasteiger partial charge in [-0.05, 0) is 82.2 Å². The first kappa shape index (κ1) is 15.6. The zero-order chi connectivity index (χ0) is 14.5. The number of carbonyl (C=O) groups excluding carboxylic acids is 1. The van der Waals surface area contributed by atoms with E-state index in [-0.39, 0.29) is 11.9 Å². The number of carbonyl (C=O) groups is 1. The van der Waals surface area contributed by atoms with Crippen molar-refractivity contribution in [3.63, 3.8) is 0 Å². The summed E-state index contributed by atoms with van der Waals surface area (Å²) < 4.78 is 7.14. The number of hydrogen-bond donors (Lipinski definition) is 1. The van der Waals surface area contributed by atoms with Gasteiger partial charge in [0.25, 0.3) is 5.91 Å². The summed E-state index contributed by atoms with van der Waals surface area (Å²) in [6.45, 7) is 2.00. The van der Waals surface area contributed by atoms with Crippen LogP contribution in [0.25, 0.3) is 0 Å². The van der Waals surface area contributed by atoms with Gasteiger partial charge in [0.05, 0.1) is 11.8 Å². The molecule has 1 N–H and O–H groups in total. The molecule has 2 rings (SSSR count). The molecule has 1 atom stereocenters. The standard InChI is InChI=1S/C15H15BrINO2/c1-10(4-6-12-3-2-8-20-12)18-15(19)13-9-11(17)5-7-14(13)16/h2-3,5,7-10H,4,6H2,1H3,(H,18,19). The third-order valence-corrected chi connectivity index (χ3v) is 4.32. The molecule has 1 aromatic carbocycles. The summed E-state index contributed by atoms with van der Waals surface area (Å²) in [6, 6.07) is 9.65. The minimum atomic E-state index is -0.0534. The van der Waals surface area contributed by atoms with Gasteiger partial charge in [0.1, 0.15) is 5.76 Å². The summed E-state index contributed by atoms with van der Waals surface area (Å²) in [5.74, 6) is 0.892. The number of halogens is 2. The maximum Gasteiger partial charge on any atom is 0.252 e. The molecule has 0 saturated heterocycles. The average molecular weight is 448 g/mol. The zero-order valence-corrected chi connectivity index (χ0v) is 14.8. The van der Waals surface area contributed by atoms with Crippen molar-refractivity contribution in [3.8, 4) is 0 Å². The summed E-state index contributed by atoms with van der Waals surface area (Å²) in [5.41, 5.74) is 0.668. The lowest BCUT2D eigenvalue weighted by Crippen LogP contribution is -2.33. The minimum absolute atomic E-state index is 0.0534. The van der Waals surface area contributed by atoms with Gasteiger partial charge >= 0.3 is 0 Å². The molecule has 0 fully saturated rings. The van der Waals surface area contributed by atoms with Crippen molar-refractivity contribution in [2.75, 3.05) is 0 Å². The molecular weight excluding hydrogens is 433 g/mol. The smallest absolute Gasteiger partial charge is 0.252 e. The SMILES string of the molecule is CC(CCc1ccco1)NC(=O)c1cc(I)ccc1Br. The van der Waals surface area contributed by atoms with Crippen LogP contribution in [0, 0.1) is 3.57 Å². The van der Waals surface area contributed by atoms with E-state index in [1.54, 1.807) is 6.26 Å². The van der Waals surface area contributed by atoms with Crippen LogP contribution in [0.15, 0.2) is 45.5 Å².